The van der Waals surface area contributed by atoms with Gasteiger partial charge in [-0.3, -0.25) is 4.79 Å². The zero-order chi connectivity index (χ0) is 18.1. The van der Waals surface area contributed by atoms with Crippen LogP contribution in [0.4, 0.5) is 0 Å². The summed E-state index contributed by atoms with van der Waals surface area (Å²) < 4.78 is 15.8. The summed E-state index contributed by atoms with van der Waals surface area (Å²) >= 11 is 3.57. The largest absolute Gasteiger partial charge is 0.459 e. The molecule has 4 rings (SSSR count). The minimum absolute atomic E-state index is 0.0525. The normalized spacial score (nSPS) is 17.5. The maximum Gasteiger partial charge on any atom is 0.303 e. The lowest BCUT2D eigenvalue weighted by molar-refractivity contribution is -0.142. The van der Waals surface area contributed by atoms with Crippen molar-refractivity contribution >= 4 is 27.5 Å². The number of imidazole rings is 1. The molecule has 1 atom stereocenters. The molecular weight excluding hydrogens is 400 g/mol. The summed E-state index contributed by atoms with van der Waals surface area (Å²) in [6, 6.07) is 3.99. The van der Waals surface area contributed by atoms with Gasteiger partial charge in [-0.2, -0.15) is 5.10 Å². The van der Waals surface area contributed by atoms with E-state index in [-0.39, 0.29) is 18.8 Å². The summed E-state index contributed by atoms with van der Waals surface area (Å²) in [7, 11) is 0. The molecule has 0 radical (unpaired) electrons. The highest BCUT2D eigenvalue weighted by molar-refractivity contribution is 9.10. The van der Waals surface area contributed by atoms with Gasteiger partial charge in [-0.15, -0.1) is 0 Å². The first-order valence-corrected chi connectivity index (χ1v) is 9.37. The summed E-state index contributed by atoms with van der Waals surface area (Å²) in [5.74, 6) is -0.323. The van der Waals surface area contributed by atoms with Crippen molar-refractivity contribution in [1.82, 2.24) is 19.2 Å². The fourth-order valence-electron chi connectivity index (χ4n) is 3.22. The molecule has 4 heterocycles. The number of pyridine rings is 1. The fourth-order valence-corrected chi connectivity index (χ4v) is 3.67. The summed E-state index contributed by atoms with van der Waals surface area (Å²) in [5.41, 5.74) is 3.38. The Bertz CT molecular complexity index is 943. The summed E-state index contributed by atoms with van der Waals surface area (Å²) in [5, 5.41) is 4.49. The second kappa shape index (κ2) is 7.20. The number of hydrogen-bond donors (Lipinski definition) is 0. The zero-order valence-corrected chi connectivity index (χ0v) is 16.0. The molecule has 7 nitrogen and oxygen atoms in total. The average molecular weight is 419 g/mol. The quantitative estimate of drug-likeness (QED) is 0.603. The molecule has 8 heteroatoms. The molecule has 0 aromatic carbocycles. The Kier molecular flexibility index (Phi) is 4.78. The Balaban J connectivity index is 1.76. The lowest BCUT2D eigenvalue weighted by Gasteiger charge is -2.24. The van der Waals surface area contributed by atoms with Crippen LogP contribution in [0.5, 0.6) is 0 Å². The first-order valence-electron chi connectivity index (χ1n) is 8.58. The van der Waals surface area contributed by atoms with Crippen LogP contribution < -0.4 is 0 Å². The molecule has 0 bridgehead atoms. The molecule has 0 N–H and O–H groups in total. The molecule has 26 heavy (non-hydrogen) atoms. The second-order valence-corrected chi connectivity index (χ2v) is 7.21. The standard InChI is InChI=1S/C18H19BrN4O3/c1-12(24)26-11-14-10-22-9-13(19)8-15(18(22)21-14)16-5-6-20-23(16)17-4-2-3-7-25-17/h5-6,8-10,17H,2-4,7,11H2,1H3. The monoisotopic (exact) mass is 418 g/mol. The number of carbonyl (C=O) groups excluding carboxylic acids is 1. The van der Waals surface area contributed by atoms with Crippen molar-refractivity contribution in [3.05, 3.63) is 40.9 Å². The minimum atomic E-state index is -0.323. The van der Waals surface area contributed by atoms with Gasteiger partial charge in [0.15, 0.2) is 6.23 Å². The second-order valence-electron chi connectivity index (χ2n) is 6.30. The Labute approximate surface area is 159 Å². The van der Waals surface area contributed by atoms with E-state index >= 15 is 0 Å². The van der Waals surface area contributed by atoms with Crippen LogP contribution in [0, 0.1) is 0 Å². The van der Waals surface area contributed by atoms with Gasteiger partial charge in [-0.05, 0) is 47.3 Å². The van der Waals surface area contributed by atoms with Crippen molar-refractivity contribution in [3.8, 4) is 11.3 Å². The average Bonchev–Trinajstić information content (AvgIpc) is 3.26. The number of nitrogens with zero attached hydrogens (tertiary/aromatic N) is 4. The van der Waals surface area contributed by atoms with Gasteiger partial charge in [-0.25, -0.2) is 9.67 Å². The first-order chi connectivity index (χ1) is 12.6. The van der Waals surface area contributed by atoms with Crippen molar-refractivity contribution in [2.45, 2.75) is 39.0 Å². The van der Waals surface area contributed by atoms with Gasteiger partial charge in [0.25, 0.3) is 0 Å². The molecule has 1 aliphatic heterocycles. The Morgan fingerprint density at radius 2 is 2.31 bits per heavy atom. The van der Waals surface area contributed by atoms with Gasteiger partial charge in [-0.1, -0.05) is 0 Å². The molecular formula is C18H19BrN4O3. The summed E-state index contributed by atoms with van der Waals surface area (Å²) in [6.45, 7) is 2.30. The van der Waals surface area contributed by atoms with E-state index in [1.54, 1.807) is 6.20 Å². The molecule has 0 spiro atoms. The molecule has 3 aromatic rings. The predicted molar refractivity (Wildman–Crippen MR) is 98.4 cm³/mol. The van der Waals surface area contributed by atoms with Gasteiger partial charge >= 0.3 is 5.97 Å². The molecule has 0 amide bonds. The lowest BCUT2D eigenvalue weighted by atomic mass is 10.1. The van der Waals surface area contributed by atoms with Crippen LogP contribution in [0.25, 0.3) is 16.9 Å². The number of carbonyl (C=O) groups is 1. The highest BCUT2D eigenvalue weighted by Crippen LogP contribution is 2.32. The van der Waals surface area contributed by atoms with Crippen molar-refractivity contribution < 1.29 is 14.3 Å². The van der Waals surface area contributed by atoms with Gasteiger partial charge in [0.1, 0.15) is 12.3 Å². The number of fused-ring (bicyclic) bond motifs is 1. The summed E-state index contributed by atoms with van der Waals surface area (Å²) in [6.07, 6.45) is 8.70. The zero-order valence-electron chi connectivity index (χ0n) is 14.4. The van der Waals surface area contributed by atoms with E-state index in [0.717, 1.165) is 47.2 Å². The molecule has 1 aliphatic rings. The van der Waals surface area contributed by atoms with Crippen LogP contribution in [0.3, 0.4) is 0 Å². The smallest absolute Gasteiger partial charge is 0.303 e. The van der Waals surface area contributed by atoms with E-state index in [2.05, 4.69) is 26.0 Å². The Hall–Kier alpha value is -2.19. The number of hydrogen-bond acceptors (Lipinski definition) is 5. The third-order valence-electron chi connectivity index (χ3n) is 4.37. The summed E-state index contributed by atoms with van der Waals surface area (Å²) in [4.78, 5) is 15.7. The van der Waals surface area contributed by atoms with Gasteiger partial charge in [0, 0.05) is 42.2 Å². The predicted octanol–water partition coefficient (Wildman–Crippen LogP) is 3.72. The van der Waals surface area contributed by atoms with Crippen LogP contribution in [0.15, 0.2) is 35.2 Å². The van der Waals surface area contributed by atoms with E-state index in [0.29, 0.717) is 5.69 Å². The molecule has 0 aliphatic carbocycles. The Morgan fingerprint density at radius 3 is 3.08 bits per heavy atom. The third kappa shape index (κ3) is 3.39. The highest BCUT2D eigenvalue weighted by Gasteiger charge is 2.21. The number of rotatable bonds is 4. The topological polar surface area (TPSA) is 70.7 Å². The SMILES string of the molecule is CC(=O)OCc1cn2cc(Br)cc(-c3ccnn3C3CCCCO3)c2n1. The molecule has 1 fully saturated rings. The molecule has 3 aromatic heterocycles. The van der Waals surface area contributed by atoms with Crippen LogP contribution in [-0.2, 0) is 20.9 Å². The van der Waals surface area contributed by atoms with E-state index in [1.165, 1.54) is 6.92 Å². The number of aromatic nitrogens is 4. The molecule has 1 unspecified atom stereocenters. The fraction of sp³-hybridized carbons (Fsp3) is 0.389. The Morgan fingerprint density at radius 1 is 1.42 bits per heavy atom. The minimum Gasteiger partial charge on any atom is -0.459 e. The maximum absolute atomic E-state index is 11.1. The van der Waals surface area contributed by atoms with Crippen LogP contribution in [0.2, 0.25) is 0 Å². The van der Waals surface area contributed by atoms with Crippen LogP contribution in [-0.4, -0.2) is 31.7 Å². The molecule has 1 saturated heterocycles. The first kappa shape index (κ1) is 17.2. The maximum atomic E-state index is 11.1. The van der Waals surface area contributed by atoms with Crippen molar-refractivity contribution in [1.29, 1.82) is 0 Å². The highest BCUT2D eigenvalue weighted by atomic mass is 79.9. The van der Waals surface area contributed by atoms with Crippen molar-refractivity contribution in [2.24, 2.45) is 0 Å². The number of esters is 1. The molecule has 136 valence electrons. The van der Waals surface area contributed by atoms with Gasteiger partial charge in [0.2, 0.25) is 0 Å². The van der Waals surface area contributed by atoms with Gasteiger partial charge < -0.3 is 13.9 Å². The van der Waals surface area contributed by atoms with E-state index in [9.17, 15) is 4.79 Å². The van der Waals surface area contributed by atoms with E-state index in [1.807, 2.05) is 33.6 Å². The van der Waals surface area contributed by atoms with Crippen LogP contribution in [0.1, 0.15) is 38.1 Å². The number of halogens is 1. The molecule has 0 saturated carbocycles. The third-order valence-corrected chi connectivity index (χ3v) is 4.80. The lowest BCUT2D eigenvalue weighted by Crippen LogP contribution is -2.20. The number of ether oxygens (including phenoxy) is 2. The van der Waals surface area contributed by atoms with E-state index in [4.69, 9.17) is 9.47 Å². The van der Waals surface area contributed by atoms with Gasteiger partial charge in [0.05, 0.1) is 11.4 Å². The van der Waals surface area contributed by atoms with Crippen LogP contribution >= 0.6 is 15.9 Å². The van der Waals surface area contributed by atoms with Crippen molar-refractivity contribution in [3.63, 3.8) is 0 Å². The van der Waals surface area contributed by atoms with Crippen molar-refractivity contribution in [2.75, 3.05) is 6.61 Å². The van der Waals surface area contributed by atoms with E-state index < -0.39 is 0 Å².